The molecule has 0 radical (unpaired) electrons. The summed E-state index contributed by atoms with van der Waals surface area (Å²) < 4.78 is 1.80. The van der Waals surface area contributed by atoms with Gasteiger partial charge in [0.15, 0.2) is 5.16 Å². The van der Waals surface area contributed by atoms with Crippen LogP contribution in [0.4, 0.5) is 5.82 Å². The van der Waals surface area contributed by atoms with Crippen molar-refractivity contribution in [3.05, 3.63) is 35.3 Å². The molecule has 8 heteroatoms. The second kappa shape index (κ2) is 6.99. The number of thioether (sulfide) groups is 1. The molecule has 4 rings (SSSR count). The van der Waals surface area contributed by atoms with Crippen LogP contribution in [0.2, 0.25) is 0 Å². The Hall–Kier alpha value is -2.35. The molecule has 2 N–H and O–H groups in total. The summed E-state index contributed by atoms with van der Waals surface area (Å²) in [4.78, 5) is 9.31. The van der Waals surface area contributed by atoms with Gasteiger partial charge in [-0.15, -0.1) is 0 Å². The Morgan fingerprint density at radius 3 is 2.93 bits per heavy atom. The SMILES string of the molecule is CSc1nc(NCc2cnn(C)c2)cc(-c2n[nH]c3c2CCC(C)(C)C3)n1. The van der Waals surface area contributed by atoms with Crippen molar-refractivity contribution < 1.29 is 0 Å². The van der Waals surface area contributed by atoms with E-state index in [2.05, 4.69) is 39.4 Å². The highest BCUT2D eigenvalue weighted by atomic mass is 32.2. The average Bonchev–Trinajstić information content (AvgIpc) is 3.24. The van der Waals surface area contributed by atoms with E-state index < -0.39 is 0 Å². The molecule has 27 heavy (non-hydrogen) atoms. The molecular weight excluding hydrogens is 358 g/mol. The van der Waals surface area contributed by atoms with Gasteiger partial charge in [0, 0.05) is 42.7 Å². The Kier molecular flexibility index (Phi) is 4.67. The Morgan fingerprint density at radius 2 is 2.19 bits per heavy atom. The second-order valence-corrected chi connectivity index (χ2v) is 8.64. The summed E-state index contributed by atoms with van der Waals surface area (Å²) in [6.45, 7) is 5.30. The molecule has 1 aliphatic carbocycles. The maximum absolute atomic E-state index is 4.71. The van der Waals surface area contributed by atoms with Crippen LogP contribution in [-0.2, 0) is 26.4 Å². The zero-order chi connectivity index (χ0) is 19.0. The molecule has 142 valence electrons. The predicted molar refractivity (Wildman–Crippen MR) is 108 cm³/mol. The highest BCUT2D eigenvalue weighted by Gasteiger charge is 2.29. The molecule has 0 aliphatic heterocycles. The third-order valence-corrected chi connectivity index (χ3v) is 5.57. The molecule has 3 aromatic rings. The molecule has 0 aromatic carbocycles. The predicted octanol–water partition coefficient (Wildman–Crippen LogP) is 3.45. The molecule has 0 bridgehead atoms. The lowest BCUT2D eigenvalue weighted by Crippen LogP contribution is -2.22. The molecule has 3 aromatic heterocycles. The molecule has 0 atom stereocenters. The van der Waals surface area contributed by atoms with E-state index in [4.69, 9.17) is 4.98 Å². The summed E-state index contributed by atoms with van der Waals surface area (Å²) in [5.41, 5.74) is 5.82. The van der Waals surface area contributed by atoms with Crippen molar-refractivity contribution in [1.82, 2.24) is 29.9 Å². The maximum atomic E-state index is 4.71. The topological polar surface area (TPSA) is 84.3 Å². The fraction of sp³-hybridized carbons (Fsp3) is 0.474. The number of fused-ring (bicyclic) bond motifs is 1. The van der Waals surface area contributed by atoms with Crippen molar-refractivity contribution in [1.29, 1.82) is 0 Å². The standard InChI is InChI=1S/C19H25N7S/c1-19(2)6-5-13-15(8-19)24-25-17(13)14-7-16(23-18(22-14)27-4)20-9-12-10-21-26(3)11-12/h7,10-11H,5-6,8-9H2,1-4H3,(H,24,25)(H,20,22,23). The monoisotopic (exact) mass is 383 g/mol. The van der Waals surface area contributed by atoms with Crippen LogP contribution in [0.5, 0.6) is 0 Å². The van der Waals surface area contributed by atoms with Gasteiger partial charge in [-0.05, 0) is 30.9 Å². The van der Waals surface area contributed by atoms with Crippen molar-refractivity contribution in [2.45, 2.75) is 44.8 Å². The molecule has 7 nitrogen and oxygen atoms in total. The van der Waals surface area contributed by atoms with Crippen molar-refractivity contribution in [3.8, 4) is 11.4 Å². The molecule has 0 unspecified atom stereocenters. The molecule has 3 heterocycles. The van der Waals surface area contributed by atoms with Crippen LogP contribution in [0, 0.1) is 5.41 Å². The lowest BCUT2D eigenvalue weighted by atomic mass is 9.76. The normalized spacial score (nSPS) is 15.6. The number of rotatable bonds is 5. The number of nitrogens with one attached hydrogen (secondary N) is 2. The lowest BCUT2D eigenvalue weighted by molar-refractivity contribution is 0.312. The summed E-state index contributed by atoms with van der Waals surface area (Å²) in [6, 6.07) is 1.99. The molecular formula is C19H25N7S. The minimum absolute atomic E-state index is 0.323. The Bertz CT molecular complexity index is 957. The third kappa shape index (κ3) is 3.85. The number of anilines is 1. The quantitative estimate of drug-likeness (QED) is 0.519. The highest BCUT2D eigenvalue weighted by molar-refractivity contribution is 7.98. The van der Waals surface area contributed by atoms with Gasteiger partial charge in [-0.2, -0.15) is 10.2 Å². The Labute approximate surface area is 163 Å². The minimum atomic E-state index is 0.323. The van der Waals surface area contributed by atoms with E-state index in [0.29, 0.717) is 12.0 Å². The fourth-order valence-corrected chi connectivity index (χ4v) is 3.92. The zero-order valence-electron chi connectivity index (χ0n) is 16.2. The Balaban J connectivity index is 1.62. The van der Waals surface area contributed by atoms with Crippen molar-refractivity contribution in [2.24, 2.45) is 12.5 Å². The first-order valence-electron chi connectivity index (χ1n) is 9.14. The first-order chi connectivity index (χ1) is 12.9. The minimum Gasteiger partial charge on any atom is -0.366 e. The van der Waals surface area contributed by atoms with E-state index in [1.807, 2.05) is 31.8 Å². The van der Waals surface area contributed by atoms with Gasteiger partial charge in [0.2, 0.25) is 0 Å². The van der Waals surface area contributed by atoms with Gasteiger partial charge in [-0.25, -0.2) is 9.97 Å². The van der Waals surface area contributed by atoms with E-state index in [1.165, 1.54) is 17.7 Å². The summed E-state index contributed by atoms with van der Waals surface area (Å²) in [5.74, 6) is 0.807. The first kappa shape index (κ1) is 18.0. The number of H-pyrrole nitrogens is 1. The van der Waals surface area contributed by atoms with Crippen LogP contribution in [0.25, 0.3) is 11.4 Å². The van der Waals surface area contributed by atoms with Crippen LogP contribution in [0.3, 0.4) is 0 Å². The van der Waals surface area contributed by atoms with Gasteiger partial charge in [0.05, 0.1) is 11.9 Å². The Morgan fingerprint density at radius 1 is 1.33 bits per heavy atom. The van der Waals surface area contributed by atoms with E-state index in [9.17, 15) is 0 Å². The maximum Gasteiger partial charge on any atom is 0.189 e. The van der Waals surface area contributed by atoms with E-state index in [0.717, 1.165) is 40.8 Å². The van der Waals surface area contributed by atoms with Gasteiger partial charge in [-0.1, -0.05) is 25.6 Å². The summed E-state index contributed by atoms with van der Waals surface area (Å²) in [6.07, 6.45) is 9.08. The van der Waals surface area contributed by atoms with Gasteiger partial charge in [-0.3, -0.25) is 9.78 Å². The van der Waals surface area contributed by atoms with Crippen molar-refractivity contribution in [3.63, 3.8) is 0 Å². The van der Waals surface area contributed by atoms with E-state index in [1.54, 1.807) is 16.4 Å². The number of hydrogen-bond acceptors (Lipinski definition) is 6. The number of nitrogens with zero attached hydrogens (tertiary/aromatic N) is 5. The van der Waals surface area contributed by atoms with Crippen molar-refractivity contribution >= 4 is 17.6 Å². The third-order valence-electron chi connectivity index (χ3n) is 5.02. The van der Waals surface area contributed by atoms with Crippen LogP contribution in [0.1, 0.15) is 37.1 Å². The summed E-state index contributed by atoms with van der Waals surface area (Å²) in [7, 11) is 1.92. The number of aryl methyl sites for hydroxylation is 1. The fourth-order valence-electron chi connectivity index (χ4n) is 3.54. The highest BCUT2D eigenvalue weighted by Crippen LogP contribution is 2.37. The molecule has 0 fully saturated rings. The van der Waals surface area contributed by atoms with Crippen LogP contribution < -0.4 is 5.32 Å². The second-order valence-electron chi connectivity index (χ2n) is 7.87. The molecule has 0 saturated carbocycles. The van der Waals surface area contributed by atoms with Crippen molar-refractivity contribution in [2.75, 3.05) is 11.6 Å². The zero-order valence-corrected chi connectivity index (χ0v) is 17.0. The van der Waals surface area contributed by atoms with Crippen LogP contribution in [-0.4, -0.2) is 36.2 Å². The largest absolute Gasteiger partial charge is 0.366 e. The number of hydrogen-bond donors (Lipinski definition) is 2. The van der Waals surface area contributed by atoms with E-state index >= 15 is 0 Å². The lowest BCUT2D eigenvalue weighted by Gasteiger charge is -2.29. The molecule has 0 amide bonds. The summed E-state index contributed by atoms with van der Waals surface area (Å²) in [5, 5.41) is 16.2. The van der Waals surface area contributed by atoms with Gasteiger partial charge in [0.25, 0.3) is 0 Å². The molecule has 1 aliphatic rings. The van der Waals surface area contributed by atoms with Gasteiger partial charge < -0.3 is 5.32 Å². The number of aromatic amines is 1. The van der Waals surface area contributed by atoms with Gasteiger partial charge in [0.1, 0.15) is 11.5 Å². The average molecular weight is 384 g/mol. The summed E-state index contributed by atoms with van der Waals surface area (Å²) >= 11 is 1.54. The van der Waals surface area contributed by atoms with Gasteiger partial charge >= 0.3 is 0 Å². The molecule has 0 spiro atoms. The molecule has 0 saturated heterocycles. The van der Waals surface area contributed by atoms with E-state index in [-0.39, 0.29) is 0 Å². The van der Waals surface area contributed by atoms with Crippen LogP contribution in [0.15, 0.2) is 23.6 Å². The smallest absolute Gasteiger partial charge is 0.189 e. The number of aromatic nitrogens is 6. The first-order valence-corrected chi connectivity index (χ1v) is 10.4. The van der Waals surface area contributed by atoms with Crippen LogP contribution >= 0.6 is 11.8 Å².